The number of hydrogen-bond acceptors (Lipinski definition) is 0. The van der Waals surface area contributed by atoms with Gasteiger partial charge in [0.25, 0.3) is 0 Å². The van der Waals surface area contributed by atoms with Gasteiger partial charge < -0.3 is 0 Å². The summed E-state index contributed by atoms with van der Waals surface area (Å²) in [5.41, 5.74) is 7.24. The Morgan fingerprint density at radius 1 is 0.826 bits per heavy atom. The van der Waals surface area contributed by atoms with E-state index < -0.39 is 0 Å². The van der Waals surface area contributed by atoms with Crippen LogP contribution >= 0.6 is 22.6 Å². The number of hydrogen-bond donors (Lipinski definition) is 0. The van der Waals surface area contributed by atoms with E-state index in [0.717, 1.165) is 6.42 Å². The van der Waals surface area contributed by atoms with Crippen molar-refractivity contribution in [3.05, 3.63) is 93.1 Å². The Hall–Kier alpha value is -1.61. The lowest BCUT2D eigenvalue weighted by molar-refractivity contribution is 0.568. The number of rotatable bonds is 2. The Bertz CT molecular complexity index is 833. The number of fused-ring (bicyclic) bond motifs is 3. The van der Waals surface area contributed by atoms with Crippen LogP contribution in [0.15, 0.2) is 72.8 Å². The van der Waals surface area contributed by atoms with Crippen LogP contribution in [0.5, 0.6) is 0 Å². The van der Waals surface area contributed by atoms with Crippen LogP contribution in [-0.2, 0) is 6.42 Å². The fourth-order valence-electron chi connectivity index (χ4n) is 3.82. The molecule has 0 aromatic heterocycles. The Kier molecular flexibility index (Phi) is 3.98. The third kappa shape index (κ3) is 2.72. The van der Waals surface area contributed by atoms with Crippen LogP contribution in [0.25, 0.3) is 11.1 Å². The summed E-state index contributed by atoms with van der Waals surface area (Å²) in [6, 6.07) is 26.8. The Balaban J connectivity index is 1.80. The highest BCUT2D eigenvalue weighted by molar-refractivity contribution is 14.1. The van der Waals surface area contributed by atoms with E-state index in [4.69, 9.17) is 0 Å². The molecule has 3 aromatic rings. The minimum absolute atomic E-state index is 0.515. The van der Waals surface area contributed by atoms with Gasteiger partial charge >= 0.3 is 0 Å². The summed E-state index contributed by atoms with van der Waals surface area (Å²) in [6.07, 6.45) is 1.13. The minimum Gasteiger partial charge on any atom is -0.0620 e. The summed E-state index contributed by atoms with van der Waals surface area (Å²) >= 11 is 2.37. The molecule has 1 heteroatoms. The van der Waals surface area contributed by atoms with Gasteiger partial charge in [0.2, 0.25) is 0 Å². The van der Waals surface area contributed by atoms with E-state index in [1.807, 2.05) is 0 Å². The van der Waals surface area contributed by atoms with E-state index in [1.165, 1.54) is 31.4 Å². The second-order valence-electron chi connectivity index (χ2n) is 6.40. The van der Waals surface area contributed by atoms with Crippen molar-refractivity contribution < 1.29 is 0 Å². The van der Waals surface area contributed by atoms with Gasteiger partial charge in [0.05, 0.1) is 0 Å². The van der Waals surface area contributed by atoms with Gasteiger partial charge in [0.1, 0.15) is 0 Å². The Morgan fingerprint density at radius 3 is 2.26 bits per heavy atom. The quantitative estimate of drug-likeness (QED) is 0.429. The van der Waals surface area contributed by atoms with Crippen molar-refractivity contribution in [3.63, 3.8) is 0 Å². The molecule has 2 atom stereocenters. The van der Waals surface area contributed by atoms with Crippen molar-refractivity contribution in [1.29, 1.82) is 0 Å². The van der Waals surface area contributed by atoms with Crippen molar-refractivity contribution in [2.75, 3.05) is 0 Å². The van der Waals surface area contributed by atoms with Crippen molar-refractivity contribution in [2.24, 2.45) is 0 Å². The Labute approximate surface area is 151 Å². The zero-order valence-corrected chi connectivity index (χ0v) is 15.3. The van der Waals surface area contributed by atoms with Gasteiger partial charge in [-0.05, 0) is 80.8 Å². The predicted molar refractivity (Wildman–Crippen MR) is 106 cm³/mol. The zero-order valence-electron chi connectivity index (χ0n) is 13.2. The minimum atomic E-state index is 0.515. The molecule has 0 amide bonds. The first-order valence-corrected chi connectivity index (χ1v) is 9.24. The van der Waals surface area contributed by atoms with Crippen LogP contribution in [0.4, 0.5) is 0 Å². The van der Waals surface area contributed by atoms with E-state index in [-0.39, 0.29) is 0 Å². The molecule has 0 heterocycles. The highest BCUT2D eigenvalue weighted by Gasteiger charge is 2.28. The normalized spacial score (nSPS) is 17.2. The lowest BCUT2D eigenvalue weighted by Gasteiger charge is -2.32. The average Bonchev–Trinajstić information content (AvgIpc) is 2.61. The third-order valence-corrected chi connectivity index (χ3v) is 5.83. The van der Waals surface area contributed by atoms with Crippen molar-refractivity contribution in [3.8, 4) is 11.1 Å². The topological polar surface area (TPSA) is 0 Å². The molecule has 0 bridgehead atoms. The smallest absolute Gasteiger partial charge is 0.0130 e. The lowest BCUT2D eigenvalue weighted by atomic mass is 9.72. The third-order valence-electron chi connectivity index (χ3n) is 5.11. The molecule has 0 aliphatic heterocycles. The van der Waals surface area contributed by atoms with Gasteiger partial charge in [-0.2, -0.15) is 0 Å². The number of halogens is 1. The number of benzene rings is 3. The van der Waals surface area contributed by atoms with Crippen LogP contribution in [0.3, 0.4) is 0 Å². The van der Waals surface area contributed by atoms with E-state index >= 15 is 0 Å². The van der Waals surface area contributed by atoms with Crippen LogP contribution in [-0.4, -0.2) is 0 Å². The molecular formula is C22H19I. The van der Waals surface area contributed by atoms with Gasteiger partial charge in [-0.25, -0.2) is 0 Å². The van der Waals surface area contributed by atoms with Crippen LogP contribution in [0.2, 0.25) is 0 Å². The van der Waals surface area contributed by atoms with Gasteiger partial charge in [0.15, 0.2) is 0 Å². The maximum Gasteiger partial charge on any atom is 0.0130 e. The van der Waals surface area contributed by atoms with Crippen LogP contribution in [0.1, 0.15) is 35.4 Å². The summed E-state index contributed by atoms with van der Waals surface area (Å²) in [5.74, 6) is 1.06. The lowest BCUT2D eigenvalue weighted by Crippen LogP contribution is -2.17. The highest BCUT2D eigenvalue weighted by Crippen LogP contribution is 2.45. The molecular weight excluding hydrogens is 391 g/mol. The summed E-state index contributed by atoms with van der Waals surface area (Å²) < 4.78 is 1.30. The standard InChI is InChI=1S/C22H19I/c1-15(16-10-12-18(23)13-11-16)22-14-17-6-2-3-7-19(17)20-8-4-5-9-21(20)22/h2-13,15,22H,14H2,1H3. The van der Waals surface area contributed by atoms with E-state index in [9.17, 15) is 0 Å². The predicted octanol–water partition coefficient (Wildman–Crippen LogP) is 6.40. The van der Waals surface area contributed by atoms with Gasteiger partial charge in [-0.1, -0.05) is 67.6 Å². The van der Waals surface area contributed by atoms with Crippen molar-refractivity contribution in [2.45, 2.75) is 25.2 Å². The maximum atomic E-state index is 2.37. The molecule has 0 saturated heterocycles. The molecule has 0 saturated carbocycles. The van der Waals surface area contributed by atoms with E-state index in [2.05, 4.69) is 102 Å². The molecule has 0 fully saturated rings. The second-order valence-corrected chi connectivity index (χ2v) is 7.64. The average molecular weight is 410 g/mol. The monoisotopic (exact) mass is 410 g/mol. The summed E-state index contributed by atoms with van der Waals surface area (Å²) in [7, 11) is 0. The molecule has 3 aromatic carbocycles. The van der Waals surface area contributed by atoms with E-state index in [0.29, 0.717) is 11.8 Å². The first-order chi connectivity index (χ1) is 11.2. The molecule has 114 valence electrons. The van der Waals surface area contributed by atoms with Crippen LogP contribution in [0, 0.1) is 3.57 Å². The van der Waals surface area contributed by atoms with E-state index in [1.54, 1.807) is 0 Å². The molecule has 1 aliphatic rings. The molecule has 1 aliphatic carbocycles. The molecule has 0 spiro atoms. The van der Waals surface area contributed by atoms with Crippen LogP contribution < -0.4 is 0 Å². The maximum absolute atomic E-state index is 2.37. The molecule has 23 heavy (non-hydrogen) atoms. The molecule has 4 rings (SSSR count). The molecule has 0 N–H and O–H groups in total. The largest absolute Gasteiger partial charge is 0.0620 e. The van der Waals surface area contributed by atoms with Crippen molar-refractivity contribution >= 4 is 22.6 Å². The van der Waals surface area contributed by atoms with Gasteiger partial charge in [-0.3, -0.25) is 0 Å². The summed E-state index contributed by atoms with van der Waals surface area (Å²) in [5, 5.41) is 0. The molecule has 2 unspecified atom stereocenters. The first-order valence-electron chi connectivity index (χ1n) is 8.16. The van der Waals surface area contributed by atoms with Gasteiger partial charge in [0, 0.05) is 3.57 Å². The Morgan fingerprint density at radius 2 is 1.48 bits per heavy atom. The highest BCUT2D eigenvalue weighted by atomic mass is 127. The van der Waals surface area contributed by atoms with Crippen molar-refractivity contribution in [1.82, 2.24) is 0 Å². The summed E-state index contributed by atoms with van der Waals surface area (Å²) in [4.78, 5) is 0. The fraction of sp³-hybridized carbons (Fsp3) is 0.182. The SMILES string of the molecule is CC(c1ccc(I)cc1)C1Cc2ccccc2-c2ccccc21. The fourth-order valence-corrected chi connectivity index (χ4v) is 4.18. The summed E-state index contributed by atoms with van der Waals surface area (Å²) in [6.45, 7) is 2.37. The zero-order chi connectivity index (χ0) is 15.8. The molecule has 0 nitrogen and oxygen atoms in total. The molecule has 0 radical (unpaired) electrons. The van der Waals surface area contributed by atoms with Gasteiger partial charge in [-0.15, -0.1) is 0 Å². The first kappa shape index (κ1) is 14.9. The second kappa shape index (κ2) is 6.12.